The predicted molar refractivity (Wildman–Crippen MR) is 270 cm³/mol. The van der Waals surface area contributed by atoms with Crippen molar-refractivity contribution >= 4 is 33.7 Å². The van der Waals surface area contributed by atoms with Gasteiger partial charge in [-0.2, -0.15) is 0 Å². The molecule has 4 aromatic rings. The number of carbonyl (C=O) groups is 2. The molecule has 2 aromatic heterocycles. The molecule has 18 atom stereocenters. The summed E-state index contributed by atoms with van der Waals surface area (Å²) in [5, 5.41) is 111. The van der Waals surface area contributed by atoms with E-state index in [9.17, 15) is 60.7 Å². The quantitative estimate of drug-likeness (QED) is 0.0522. The number of carboxylic acid groups (broad SMARTS) is 2. The Morgan fingerprint density at radius 1 is 0.582 bits per heavy atom. The average Bonchev–Trinajstić information content (AvgIpc) is 4.09. The molecule has 0 bridgehead atoms. The molecule has 10 rings (SSSR count). The third-order valence-corrected chi connectivity index (χ3v) is 15.4. The standard InChI is InChI=1S/2C26H32N2O9.5H2O/c2*1-2-12-15(9-18-20-14(7-8-27-18)13-5-3-4-6-17(13)28-20)16(24(33)34)11-35-25(12)37-26-23(32)22(31)21(30)19(10-29)36-26;;;;;/h2*2-6,11-12,15,18-19,21-23,25-32H,1,7-10H2,(H,33,34);5*1H2/t2*12-,15+,18+,19-,21-,22+,23-,25+,26+;;;;;/m11...../s1. The molecule has 6 aliphatic heterocycles. The molecule has 8 heterocycles. The first-order chi connectivity index (χ1) is 35.7. The molecule has 0 saturated carbocycles. The van der Waals surface area contributed by atoms with E-state index in [0.717, 1.165) is 71.6 Å². The number of aliphatic hydroxyl groups is 8. The van der Waals surface area contributed by atoms with Crippen LogP contribution >= 0.6 is 0 Å². The molecule has 2 fully saturated rings. The molecule has 0 amide bonds. The minimum atomic E-state index is -1.63. The molecule has 0 aliphatic carbocycles. The van der Waals surface area contributed by atoms with Gasteiger partial charge in [0, 0.05) is 82.3 Å². The fourth-order valence-corrected chi connectivity index (χ4v) is 11.5. The van der Waals surface area contributed by atoms with E-state index in [1.807, 2.05) is 36.4 Å². The highest BCUT2D eigenvalue weighted by Gasteiger charge is 2.50. The van der Waals surface area contributed by atoms with Crippen LogP contribution in [0, 0.1) is 23.7 Å². The van der Waals surface area contributed by atoms with Gasteiger partial charge in [0.2, 0.25) is 12.6 Å². The van der Waals surface area contributed by atoms with Crippen LogP contribution < -0.4 is 20.8 Å². The summed E-state index contributed by atoms with van der Waals surface area (Å²) in [5.74, 6) is -5.29. The molecule has 27 nitrogen and oxygen atoms in total. The molecule has 27 heteroatoms. The topological polar surface area (TPSA) is 520 Å². The Kier molecular flexibility index (Phi) is 23.4. The van der Waals surface area contributed by atoms with Gasteiger partial charge in [0.05, 0.1) is 62.2 Å². The Hall–Kier alpha value is -5.74. The highest BCUT2D eigenvalue weighted by molar-refractivity contribution is 5.87. The monoisotopic (exact) mass is 1120 g/mol. The number of nitrogens with two attached hydrogens (primary N) is 2. The summed E-state index contributed by atoms with van der Waals surface area (Å²) in [5.41, 5.74) is 6.53. The Balaban J connectivity index is 0.000000320. The summed E-state index contributed by atoms with van der Waals surface area (Å²) in [6.07, 6.45) is -9.15. The third-order valence-electron chi connectivity index (χ3n) is 15.4. The van der Waals surface area contributed by atoms with Gasteiger partial charge in [0.1, 0.15) is 60.9 Å². The number of aliphatic hydroxyl groups excluding tert-OH is 8. The molecule has 79 heavy (non-hydrogen) atoms. The third kappa shape index (κ3) is 12.9. The lowest BCUT2D eigenvalue weighted by Crippen LogP contribution is -2.87. The molecule has 440 valence electrons. The van der Waals surface area contributed by atoms with Crippen molar-refractivity contribution in [1.82, 2.24) is 9.97 Å². The number of H-pyrrole nitrogens is 2. The number of aromatic amines is 2. The van der Waals surface area contributed by atoms with Crippen molar-refractivity contribution in [1.29, 1.82) is 0 Å². The van der Waals surface area contributed by atoms with Gasteiger partial charge in [-0.05, 0) is 23.3 Å². The van der Waals surface area contributed by atoms with Gasteiger partial charge in [-0.3, -0.25) is 0 Å². The Bertz CT molecular complexity index is 2550. The Labute approximate surface area is 451 Å². The average molecular weight is 1120 g/mol. The van der Waals surface area contributed by atoms with Crippen LogP contribution in [-0.2, 0) is 50.9 Å². The van der Waals surface area contributed by atoms with Crippen molar-refractivity contribution in [2.24, 2.45) is 23.7 Å². The lowest BCUT2D eigenvalue weighted by molar-refractivity contribution is -0.701. The van der Waals surface area contributed by atoms with Crippen molar-refractivity contribution in [3.8, 4) is 0 Å². The zero-order valence-electron chi connectivity index (χ0n) is 42.7. The maximum atomic E-state index is 12.1. The number of quaternary nitrogens is 2. The number of aliphatic carboxylic acids is 2. The van der Waals surface area contributed by atoms with Crippen LogP contribution in [0.3, 0.4) is 0 Å². The molecule has 2 saturated heterocycles. The molecular formula is C52H74N4O23. The number of fused-ring (bicyclic) bond motifs is 6. The second-order valence-electron chi connectivity index (χ2n) is 19.6. The van der Waals surface area contributed by atoms with Gasteiger partial charge >= 0.3 is 0 Å². The Morgan fingerprint density at radius 3 is 1.29 bits per heavy atom. The predicted octanol–water partition coefficient (Wildman–Crippen LogP) is -8.24. The van der Waals surface area contributed by atoms with E-state index in [1.54, 1.807) is 0 Å². The van der Waals surface area contributed by atoms with Crippen LogP contribution in [0.25, 0.3) is 21.8 Å². The number of carbonyl (C=O) groups excluding carboxylic acids is 2. The van der Waals surface area contributed by atoms with Crippen LogP contribution in [0.15, 0.2) is 97.5 Å². The molecule has 0 unspecified atom stereocenters. The number of benzene rings is 2. The number of hydrogen-bond acceptors (Lipinski definition) is 18. The number of nitrogens with one attached hydrogen (secondary N) is 2. The molecule has 2 aromatic carbocycles. The van der Waals surface area contributed by atoms with E-state index >= 15 is 0 Å². The zero-order chi connectivity index (χ0) is 52.5. The maximum absolute atomic E-state index is 12.1. The van der Waals surface area contributed by atoms with Gasteiger partial charge in [-0.15, -0.1) is 13.2 Å². The number of aromatic nitrogens is 2. The lowest BCUT2D eigenvalue weighted by atomic mass is 9.78. The number of carboxylic acids is 2. The van der Waals surface area contributed by atoms with Crippen molar-refractivity contribution in [3.05, 3.63) is 120 Å². The second kappa shape index (κ2) is 28.1. The van der Waals surface area contributed by atoms with Gasteiger partial charge < -0.3 is 137 Å². The zero-order valence-corrected chi connectivity index (χ0v) is 42.7. The molecular weight excluding hydrogens is 1050 g/mol. The highest BCUT2D eigenvalue weighted by Crippen LogP contribution is 2.42. The first-order valence-electron chi connectivity index (χ1n) is 24.8. The van der Waals surface area contributed by atoms with Crippen LogP contribution in [-0.4, -0.2) is 190 Å². The summed E-state index contributed by atoms with van der Waals surface area (Å²) in [6, 6.07) is 16.0. The SMILES string of the molecule is C=C[C@H]1[C@H](O[C@@H]2O[C@H](CO)[C@@H](O)[C@H](O)[C@H]2O)OC=C(C(=O)[O-])[C@H]1C[C@@H]1[NH2+]CCc2c1[nH]c1ccccc21.C=C[C@H]1[C@H](O[C@@H]2O[C@H](CO)[C@@H](O)[C@H](O)[C@H]2O)OC=C(C(=O)[O-])[C@H]1C[C@@H]1[NH2+]CCc2c1[nH]c1ccccc21.O.O.O.O.O. The van der Waals surface area contributed by atoms with Crippen LogP contribution in [0.4, 0.5) is 0 Å². The largest absolute Gasteiger partial charge is 0.545 e. The van der Waals surface area contributed by atoms with E-state index in [0.29, 0.717) is 12.8 Å². The smallest absolute Gasteiger partial charge is 0.208 e. The molecule has 6 aliphatic rings. The number of para-hydroxylation sites is 2. The summed E-state index contributed by atoms with van der Waals surface area (Å²) >= 11 is 0. The van der Waals surface area contributed by atoms with Crippen molar-refractivity contribution < 1.29 is 127 Å². The van der Waals surface area contributed by atoms with Crippen molar-refractivity contribution in [2.45, 2.75) is 112 Å². The lowest BCUT2D eigenvalue weighted by Gasteiger charge is -2.43. The minimum Gasteiger partial charge on any atom is -0.545 e. The van der Waals surface area contributed by atoms with Crippen LogP contribution in [0.1, 0.15) is 47.4 Å². The van der Waals surface area contributed by atoms with Crippen molar-refractivity contribution in [2.75, 3.05) is 26.3 Å². The minimum absolute atomic E-state index is 0. The fraction of sp³-hybridized carbons (Fsp3) is 0.500. The van der Waals surface area contributed by atoms with E-state index in [-0.39, 0.29) is 50.6 Å². The molecule has 0 spiro atoms. The van der Waals surface area contributed by atoms with Gasteiger partial charge in [-0.25, -0.2) is 0 Å². The van der Waals surface area contributed by atoms with Gasteiger partial charge in [0.15, 0.2) is 12.6 Å². The summed E-state index contributed by atoms with van der Waals surface area (Å²) in [6.45, 7) is 8.21. The summed E-state index contributed by atoms with van der Waals surface area (Å²) < 4.78 is 33.8. The van der Waals surface area contributed by atoms with Gasteiger partial charge in [0.25, 0.3) is 0 Å². The van der Waals surface area contributed by atoms with Crippen LogP contribution in [0.2, 0.25) is 0 Å². The van der Waals surface area contributed by atoms with E-state index in [2.05, 4.69) is 45.9 Å². The first-order valence-corrected chi connectivity index (χ1v) is 24.8. The van der Waals surface area contributed by atoms with Crippen molar-refractivity contribution in [3.63, 3.8) is 0 Å². The molecule has 24 N–H and O–H groups in total. The normalized spacial score (nSPS) is 33.6. The van der Waals surface area contributed by atoms with E-state index in [1.165, 1.54) is 23.3 Å². The second-order valence-corrected chi connectivity index (χ2v) is 19.6. The van der Waals surface area contributed by atoms with Crippen LogP contribution in [0.5, 0.6) is 0 Å². The Morgan fingerprint density at radius 2 is 0.949 bits per heavy atom. The van der Waals surface area contributed by atoms with Gasteiger partial charge in [-0.1, -0.05) is 48.6 Å². The summed E-state index contributed by atoms with van der Waals surface area (Å²) in [4.78, 5) is 31.1. The fourth-order valence-electron chi connectivity index (χ4n) is 11.5. The summed E-state index contributed by atoms with van der Waals surface area (Å²) in [7, 11) is 0. The highest BCUT2D eigenvalue weighted by atomic mass is 16.8. The first kappa shape index (κ1) is 65.8. The molecule has 0 radical (unpaired) electrons. The number of rotatable bonds is 14. The number of hydrogen-bond donors (Lipinski definition) is 12. The van der Waals surface area contributed by atoms with E-state index < -0.39 is 123 Å². The number of ether oxygens (including phenoxy) is 6. The van der Waals surface area contributed by atoms with E-state index in [4.69, 9.17) is 28.4 Å². The maximum Gasteiger partial charge on any atom is 0.208 e.